The van der Waals surface area contributed by atoms with E-state index in [0.29, 0.717) is 12.5 Å². The number of hydrogen-bond donors (Lipinski definition) is 2. The monoisotopic (exact) mass is 212 g/mol. The van der Waals surface area contributed by atoms with E-state index < -0.39 is 11.9 Å². The second kappa shape index (κ2) is 4.18. The van der Waals surface area contributed by atoms with Gasteiger partial charge in [0.1, 0.15) is 0 Å². The van der Waals surface area contributed by atoms with E-state index in [4.69, 9.17) is 5.11 Å². The maximum atomic E-state index is 11.5. The SMILES string of the molecule is O=C(O)C1CC(=O)N(CC2CCNC2)C1. The number of likely N-dealkylation sites (tertiary alicyclic amines) is 1. The molecule has 0 aromatic carbocycles. The van der Waals surface area contributed by atoms with Gasteiger partial charge in [0.05, 0.1) is 5.92 Å². The fourth-order valence-electron chi connectivity index (χ4n) is 2.30. The zero-order valence-corrected chi connectivity index (χ0v) is 8.61. The molecule has 2 unspecified atom stereocenters. The smallest absolute Gasteiger partial charge is 0.308 e. The molecule has 0 aromatic heterocycles. The van der Waals surface area contributed by atoms with Crippen molar-refractivity contribution in [2.24, 2.45) is 11.8 Å². The molecular weight excluding hydrogens is 196 g/mol. The summed E-state index contributed by atoms with van der Waals surface area (Å²) in [6, 6.07) is 0. The minimum absolute atomic E-state index is 0.00528. The summed E-state index contributed by atoms with van der Waals surface area (Å²) in [4.78, 5) is 24.0. The van der Waals surface area contributed by atoms with E-state index in [1.54, 1.807) is 4.90 Å². The average Bonchev–Trinajstić information content (AvgIpc) is 2.77. The predicted molar refractivity (Wildman–Crippen MR) is 53.3 cm³/mol. The number of aliphatic carboxylic acids is 1. The first kappa shape index (κ1) is 10.4. The van der Waals surface area contributed by atoms with E-state index in [0.717, 1.165) is 26.1 Å². The van der Waals surface area contributed by atoms with Crippen molar-refractivity contribution < 1.29 is 14.7 Å². The molecule has 0 aromatic rings. The number of hydrogen-bond acceptors (Lipinski definition) is 3. The summed E-state index contributed by atoms with van der Waals surface area (Å²) >= 11 is 0. The number of amides is 1. The highest BCUT2D eigenvalue weighted by Gasteiger charge is 2.35. The van der Waals surface area contributed by atoms with E-state index in [2.05, 4.69) is 5.32 Å². The van der Waals surface area contributed by atoms with Gasteiger partial charge in [-0.15, -0.1) is 0 Å². The zero-order valence-electron chi connectivity index (χ0n) is 8.61. The van der Waals surface area contributed by atoms with E-state index in [9.17, 15) is 9.59 Å². The molecule has 2 aliphatic heterocycles. The maximum absolute atomic E-state index is 11.5. The number of carboxylic acids is 1. The van der Waals surface area contributed by atoms with Gasteiger partial charge >= 0.3 is 5.97 Å². The third-order valence-corrected chi connectivity index (χ3v) is 3.20. The molecule has 0 radical (unpaired) electrons. The third-order valence-electron chi connectivity index (χ3n) is 3.20. The molecular formula is C10H16N2O3. The summed E-state index contributed by atoms with van der Waals surface area (Å²) < 4.78 is 0. The van der Waals surface area contributed by atoms with Crippen molar-refractivity contribution in [3.63, 3.8) is 0 Å². The Hall–Kier alpha value is -1.10. The minimum Gasteiger partial charge on any atom is -0.481 e. The number of carboxylic acid groups (broad SMARTS) is 1. The molecule has 2 N–H and O–H groups in total. The van der Waals surface area contributed by atoms with Crippen LogP contribution in [0.2, 0.25) is 0 Å². The lowest BCUT2D eigenvalue weighted by atomic mass is 10.1. The molecule has 1 amide bonds. The number of rotatable bonds is 3. The van der Waals surface area contributed by atoms with Crippen LogP contribution in [0, 0.1) is 11.8 Å². The molecule has 0 saturated carbocycles. The van der Waals surface area contributed by atoms with Gasteiger partial charge in [-0.3, -0.25) is 9.59 Å². The van der Waals surface area contributed by atoms with Gasteiger partial charge in [0.25, 0.3) is 0 Å². The van der Waals surface area contributed by atoms with E-state index in [1.165, 1.54) is 0 Å². The Morgan fingerprint density at radius 2 is 2.40 bits per heavy atom. The van der Waals surface area contributed by atoms with Crippen molar-refractivity contribution in [2.75, 3.05) is 26.2 Å². The molecule has 15 heavy (non-hydrogen) atoms. The fraction of sp³-hybridized carbons (Fsp3) is 0.800. The summed E-state index contributed by atoms with van der Waals surface area (Å²) in [6.45, 7) is 3.07. The molecule has 2 fully saturated rings. The van der Waals surface area contributed by atoms with Gasteiger partial charge in [0.2, 0.25) is 5.91 Å². The first-order chi connectivity index (χ1) is 7.16. The van der Waals surface area contributed by atoms with Crippen LogP contribution in [-0.2, 0) is 9.59 Å². The summed E-state index contributed by atoms with van der Waals surface area (Å²) in [6.07, 6.45) is 1.26. The van der Waals surface area contributed by atoms with Crippen molar-refractivity contribution >= 4 is 11.9 Å². The van der Waals surface area contributed by atoms with Gasteiger partial charge in [-0.25, -0.2) is 0 Å². The summed E-state index contributed by atoms with van der Waals surface area (Å²) in [7, 11) is 0. The molecule has 5 nitrogen and oxygen atoms in total. The maximum Gasteiger partial charge on any atom is 0.308 e. The standard InChI is InChI=1S/C10H16N2O3/c13-9-3-8(10(14)15)6-12(9)5-7-1-2-11-4-7/h7-8,11H,1-6H2,(H,14,15). The topological polar surface area (TPSA) is 69.6 Å². The number of carbonyl (C=O) groups is 2. The Labute approximate surface area is 88.4 Å². The van der Waals surface area contributed by atoms with E-state index >= 15 is 0 Å². The molecule has 2 aliphatic rings. The fourth-order valence-corrected chi connectivity index (χ4v) is 2.30. The summed E-state index contributed by atoms with van der Waals surface area (Å²) in [5.41, 5.74) is 0. The Kier molecular flexibility index (Phi) is 2.90. The van der Waals surface area contributed by atoms with Crippen molar-refractivity contribution in [1.29, 1.82) is 0 Å². The molecule has 84 valence electrons. The number of nitrogens with one attached hydrogen (secondary N) is 1. The largest absolute Gasteiger partial charge is 0.481 e. The normalized spacial score (nSPS) is 31.2. The molecule has 2 saturated heterocycles. The second-order valence-corrected chi connectivity index (χ2v) is 4.40. The van der Waals surface area contributed by atoms with Crippen molar-refractivity contribution in [2.45, 2.75) is 12.8 Å². The van der Waals surface area contributed by atoms with Gasteiger partial charge in [0, 0.05) is 19.5 Å². The molecule has 0 bridgehead atoms. The van der Waals surface area contributed by atoms with Crippen LogP contribution < -0.4 is 5.32 Å². The lowest BCUT2D eigenvalue weighted by Gasteiger charge is -2.19. The molecule has 2 atom stereocenters. The van der Waals surface area contributed by atoms with Crippen LogP contribution >= 0.6 is 0 Å². The molecule has 2 rings (SSSR count). The van der Waals surface area contributed by atoms with E-state index in [1.807, 2.05) is 0 Å². The van der Waals surface area contributed by atoms with E-state index in [-0.39, 0.29) is 12.3 Å². The van der Waals surface area contributed by atoms with Crippen LogP contribution in [0.3, 0.4) is 0 Å². The molecule has 0 spiro atoms. The minimum atomic E-state index is -0.851. The van der Waals surface area contributed by atoms with Crippen LogP contribution in [0.15, 0.2) is 0 Å². The Balaban J connectivity index is 1.87. The van der Waals surface area contributed by atoms with Crippen LogP contribution in [0.1, 0.15) is 12.8 Å². The molecule has 5 heteroatoms. The lowest BCUT2D eigenvalue weighted by Crippen LogP contribution is -2.32. The van der Waals surface area contributed by atoms with Crippen molar-refractivity contribution in [3.05, 3.63) is 0 Å². The second-order valence-electron chi connectivity index (χ2n) is 4.40. The summed E-state index contributed by atoms with van der Waals surface area (Å²) in [5.74, 6) is -0.849. The highest BCUT2D eigenvalue weighted by molar-refractivity contribution is 5.86. The average molecular weight is 212 g/mol. The first-order valence-electron chi connectivity index (χ1n) is 5.38. The van der Waals surface area contributed by atoms with Crippen LogP contribution in [0.5, 0.6) is 0 Å². The number of carbonyl (C=O) groups excluding carboxylic acids is 1. The Bertz CT molecular complexity index is 274. The Morgan fingerprint density at radius 3 is 2.93 bits per heavy atom. The van der Waals surface area contributed by atoms with Gasteiger partial charge in [-0.2, -0.15) is 0 Å². The first-order valence-corrected chi connectivity index (χ1v) is 5.38. The highest BCUT2D eigenvalue weighted by atomic mass is 16.4. The van der Waals surface area contributed by atoms with Crippen LogP contribution in [-0.4, -0.2) is 48.1 Å². The van der Waals surface area contributed by atoms with Gasteiger partial charge in [-0.1, -0.05) is 0 Å². The molecule has 2 heterocycles. The number of nitrogens with zero attached hydrogens (tertiary/aromatic N) is 1. The lowest BCUT2D eigenvalue weighted by molar-refractivity contribution is -0.141. The van der Waals surface area contributed by atoms with Crippen LogP contribution in [0.25, 0.3) is 0 Å². The molecule has 0 aliphatic carbocycles. The highest BCUT2D eigenvalue weighted by Crippen LogP contribution is 2.20. The van der Waals surface area contributed by atoms with Crippen LogP contribution in [0.4, 0.5) is 0 Å². The Morgan fingerprint density at radius 1 is 1.60 bits per heavy atom. The zero-order chi connectivity index (χ0) is 10.8. The van der Waals surface area contributed by atoms with Crippen molar-refractivity contribution in [1.82, 2.24) is 10.2 Å². The van der Waals surface area contributed by atoms with Gasteiger partial charge < -0.3 is 15.3 Å². The third kappa shape index (κ3) is 2.28. The van der Waals surface area contributed by atoms with Crippen molar-refractivity contribution in [3.8, 4) is 0 Å². The van der Waals surface area contributed by atoms with Gasteiger partial charge in [0.15, 0.2) is 0 Å². The quantitative estimate of drug-likeness (QED) is 0.663. The van der Waals surface area contributed by atoms with Gasteiger partial charge in [-0.05, 0) is 25.4 Å². The predicted octanol–water partition coefficient (Wildman–Crippen LogP) is -0.471. The summed E-state index contributed by atoms with van der Waals surface area (Å²) in [5, 5.41) is 12.1.